The van der Waals surface area contributed by atoms with E-state index < -0.39 is 10.0 Å². The molecule has 0 aromatic carbocycles. The Labute approximate surface area is 115 Å². The Morgan fingerprint density at radius 2 is 2.17 bits per heavy atom. The largest absolute Gasteiger partial charge is 0.447 e. The minimum atomic E-state index is -3.59. The van der Waals surface area contributed by atoms with Gasteiger partial charge in [-0.3, -0.25) is 0 Å². The molecule has 0 saturated carbocycles. The van der Waals surface area contributed by atoms with Gasteiger partial charge in [0, 0.05) is 18.5 Å². The Kier molecular flexibility index (Phi) is 4.11. The Morgan fingerprint density at radius 3 is 2.72 bits per heavy atom. The number of hydrogen-bond acceptors (Lipinski definition) is 4. The molecule has 0 radical (unpaired) electrons. The molecule has 4 nitrogen and oxygen atoms in total. The van der Waals surface area contributed by atoms with Crippen molar-refractivity contribution in [2.75, 3.05) is 7.05 Å². The molecule has 0 atom stereocenters. The minimum absolute atomic E-state index is 0.0720. The van der Waals surface area contributed by atoms with E-state index in [4.69, 9.17) is 16.0 Å². The maximum atomic E-state index is 12.2. The minimum Gasteiger partial charge on any atom is -0.447 e. The zero-order valence-electron chi connectivity index (χ0n) is 9.67. The second-order valence-electron chi connectivity index (χ2n) is 3.69. The van der Waals surface area contributed by atoms with Gasteiger partial charge >= 0.3 is 0 Å². The Morgan fingerprint density at radius 1 is 1.39 bits per heavy atom. The molecular formula is C11H12ClNO3S2. The summed E-state index contributed by atoms with van der Waals surface area (Å²) in [6, 6.07) is 6.78. The van der Waals surface area contributed by atoms with Gasteiger partial charge in [0.05, 0.1) is 5.88 Å². The fourth-order valence-electron chi connectivity index (χ4n) is 1.43. The normalized spacial score (nSPS) is 12.2. The second-order valence-corrected chi connectivity index (χ2v) is 6.97. The van der Waals surface area contributed by atoms with Gasteiger partial charge < -0.3 is 4.42 Å². The quantitative estimate of drug-likeness (QED) is 0.798. The molecule has 0 spiro atoms. The van der Waals surface area contributed by atoms with Crippen LogP contribution in [-0.2, 0) is 22.4 Å². The maximum absolute atomic E-state index is 12.2. The lowest BCUT2D eigenvalue weighted by Gasteiger charge is -2.14. The van der Waals surface area contributed by atoms with E-state index in [1.165, 1.54) is 28.8 Å². The van der Waals surface area contributed by atoms with E-state index >= 15 is 0 Å². The van der Waals surface area contributed by atoms with Crippen LogP contribution in [0.2, 0.25) is 0 Å². The van der Waals surface area contributed by atoms with E-state index in [1.54, 1.807) is 6.07 Å². The first-order chi connectivity index (χ1) is 8.54. The second kappa shape index (κ2) is 5.44. The number of rotatable bonds is 5. The molecule has 0 saturated heterocycles. The highest BCUT2D eigenvalue weighted by Gasteiger charge is 2.24. The molecule has 0 aliphatic heterocycles. The van der Waals surface area contributed by atoms with Crippen LogP contribution in [0.1, 0.15) is 10.6 Å². The standard InChI is InChI=1S/C11H12ClNO3S2/c1-13(8-10-3-2-6-17-10)18(14,15)11-5-4-9(7-12)16-11/h2-6H,7-8H2,1H3. The summed E-state index contributed by atoms with van der Waals surface area (Å²) in [5.74, 6) is 0.601. The summed E-state index contributed by atoms with van der Waals surface area (Å²) in [5, 5.41) is 1.84. The average Bonchev–Trinajstić information content (AvgIpc) is 2.99. The molecular weight excluding hydrogens is 294 g/mol. The Bertz CT molecular complexity index is 604. The molecule has 2 rings (SSSR count). The fourth-order valence-corrected chi connectivity index (χ4v) is 3.48. The monoisotopic (exact) mass is 305 g/mol. The zero-order chi connectivity index (χ0) is 13.2. The van der Waals surface area contributed by atoms with Gasteiger partial charge in [-0.25, -0.2) is 8.42 Å². The third-order valence-corrected chi connectivity index (χ3v) is 5.19. The van der Waals surface area contributed by atoms with Crippen molar-refractivity contribution in [2.24, 2.45) is 0 Å². The number of hydrogen-bond donors (Lipinski definition) is 0. The van der Waals surface area contributed by atoms with Crippen molar-refractivity contribution >= 4 is 33.0 Å². The van der Waals surface area contributed by atoms with Gasteiger partial charge in [-0.2, -0.15) is 4.31 Å². The number of halogens is 1. The van der Waals surface area contributed by atoms with Crippen LogP contribution in [0.3, 0.4) is 0 Å². The van der Waals surface area contributed by atoms with Gasteiger partial charge in [-0.1, -0.05) is 6.07 Å². The number of furan rings is 1. The molecule has 0 N–H and O–H groups in total. The van der Waals surface area contributed by atoms with E-state index in [9.17, 15) is 8.42 Å². The molecule has 7 heteroatoms. The van der Waals surface area contributed by atoms with Crippen LogP contribution in [-0.4, -0.2) is 19.8 Å². The molecule has 0 aliphatic rings. The zero-order valence-corrected chi connectivity index (χ0v) is 12.1. The van der Waals surface area contributed by atoms with Crippen molar-refractivity contribution in [3.8, 4) is 0 Å². The van der Waals surface area contributed by atoms with E-state index in [0.717, 1.165) is 4.88 Å². The summed E-state index contributed by atoms with van der Waals surface area (Å²) in [4.78, 5) is 0.977. The first-order valence-electron chi connectivity index (χ1n) is 5.17. The SMILES string of the molecule is CN(Cc1cccs1)S(=O)(=O)c1ccc(CCl)o1. The van der Waals surface area contributed by atoms with E-state index in [-0.39, 0.29) is 11.0 Å². The number of alkyl halides is 1. The molecule has 0 amide bonds. The van der Waals surface area contributed by atoms with Crippen molar-refractivity contribution < 1.29 is 12.8 Å². The smallest absolute Gasteiger partial charge is 0.276 e. The number of nitrogens with zero attached hydrogens (tertiary/aromatic N) is 1. The van der Waals surface area contributed by atoms with Gasteiger partial charge in [-0.05, 0) is 23.6 Å². The van der Waals surface area contributed by atoms with Crippen LogP contribution in [0.4, 0.5) is 0 Å². The van der Waals surface area contributed by atoms with Crippen LogP contribution >= 0.6 is 22.9 Å². The van der Waals surface area contributed by atoms with Crippen LogP contribution in [0.25, 0.3) is 0 Å². The number of sulfonamides is 1. The van der Waals surface area contributed by atoms with Gasteiger partial charge in [-0.15, -0.1) is 22.9 Å². The maximum Gasteiger partial charge on any atom is 0.276 e. The first kappa shape index (κ1) is 13.6. The summed E-state index contributed by atoms with van der Waals surface area (Å²) in [6.07, 6.45) is 0. The lowest BCUT2D eigenvalue weighted by atomic mass is 10.5. The van der Waals surface area contributed by atoms with Crippen molar-refractivity contribution in [1.29, 1.82) is 0 Å². The summed E-state index contributed by atoms with van der Waals surface area (Å²) in [6.45, 7) is 0.330. The van der Waals surface area contributed by atoms with Crippen LogP contribution < -0.4 is 0 Å². The average molecular weight is 306 g/mol. The van der Waals surface area contributed by atoms with Crippen LogP contribution in [0.15, 0.2) is 39.2 Å². The van der Waals surface area contributed by atoms with Crippen LogP contribution in [0.5, 0.6) is 0 Å². The van der Waals surface area contributed by atoms with E-state index in [2.05, 4.69) is 0 Å². The van der Waals surface area contributed by atoms with E-state index in [1.807, 2.05) is 17.5 Å². The molecule has 2 heterocycles. The van der Waals surface area contributed by atoms with Crippen molar-refractivity contribution in [3.05, 3.63) is 40.3 Å². The molecule has 0 bridgehead atoms. The van der Waals surface area contributed by atoms with Crippen molar-refractivity contribution in [3.63, 3.8) is 0 Å². The highest BCUT2D eigenvalue weighted by atomic mass is 35.5. The van der Waals surface area contributed by atoms with Crippen molar-refractivity contribution in [2.45, 2.75) is 17.5 Å². The predicted octanol–water partition coefficient (Wildman–Crippen LogP) is 2.90. The lowest BCUT2D eigenvalue weighted by Crippen LogP contribution is -2.25. The molecule has 98 valence electrons. The Hall–Kier alpha value is -0.820. The summed E-state index contributed by atoms with van der Waals surface area (Å²) < 4.78 is 30.8. The number of thiophene rings is 1. The lowest BCUT2D eigenvalue weighted by molar-refractivity contribution is 0.394. The highest BCUT2D eigenvalue weighted by Crippen LogP contribution is 2.21. The van der Waals surface area contributed by atoms with Crippen molar-refractivity contribution in [1.82, 2.24) is 4.31 Å². The topological polar surface area (TPSA) is 50.5 Å². The van der Waals surface area contributed by atoms with Gasteiger partial charge in [0.1, 0.15) is 5.76 Å². The summed E-state index contributed by atoms with van der Waals surface area (Å²) in [5.41, 5.74) is 0. The Balaban J connectivity index is 2.19. The third-order valence-electron chi connectivity index (χ3n) is 2.39. The highest BCUT2D eigenvalue weighted by molar-refractivity contribution is 7.88. The van der Waals surface area contributed by atoms with E-state index in [0.29, 0.717) is 12.3 Å². The van der Waals surface area contributed by atoms with Gasteiger partial charge in [0.25, 0.3) is 10.0 Å². The molecule has 18 heavy (non-hydrogen) atoms. The molecule has 2 aromatic heterocycles. The van der Waals surface area contributed by atoms with Crippen LogP contribution in [0, 0.1) is 0 Å². The van der Waals surface area contributed by atoms with Gasteiger partial charge in [0.15, 0.2) is 0 Å². The predicted molar refractivity (Wildman–Crippen MR) is 71.2 cm³/mol. The third kappa shape index (κ3) is 2.77. The molecule has 0 aliphatic carbocycles. The summed E-state index contributed by atoms with van der Waals surface area (Å²) >= 11 is 7.10. The molecule has 2 aromatic rings. The van der Waals surface area contributed by atoms with Gasteiger partial charge in [0.2, 0.25) is 5.09 Å². The molecule has 0 unspecified atom stereocenters. The molecule has 0 fully saturated rings. The first-order valence-corrected chi connectivity index (χ1v) is 8.03. The fraction of sp³-hybridized carbons (Fsp3) is 0.273. The summed E-state index contributed by atoms with van der Waals surface area (Å²) in [7, 11) is -2.06.